The Morgan fingerprint density at radius 3 is 2.56 bits per heavy atom. The summed E-state index contributed by atoms with van der Waals surface area (Å²) in [5.41, 5.74) is 1.67. The fourth-order valence-corrected chi connectivity index (χ4v) is 3.11. The van der Waals surface area contributed by atoms with Crippen LogP contribution in [0.15, 0.2) is 60.9 Å². The number of halogens is 3. The Labute approximate surface area is 152 Å². The number of carbonyl (C=O) groups is 1. The van der Waals surface area contributed by atoms with E-state index in [0.717, 1.165) is 18.2 Å². The summed E-state index contributed by atoms with van der Waals surface area (Å²) in [5.74, 6) is -1.72. The molecule has 1 fully saturated rings. The van der Waals surface area contributed by atoms with Crippen molar-refractivity contribution in [3.63, 3.8) is 0 Å². The second kappa shape index (κ2) is 6.75. The molecule has 3 aromatic rings. The molecule has 2 aromatic carbocycles. The molecule has 27 heavy (non-hydrogen) atoms. The summed E-state index contributed by atoms with van der Waals surface area (Å²) in [5, 5.41) is 2.59. The first kappa shape index (κ1) is 17.1. The van der Waals surface area contributed by atoms with E-state index < -0.39 is 35.7 Å². The summed E-state index contributed by atoms with van der Waals surface area (Å²) < 4.78 is 46.4. The Bertz CT molecular complexity index is 1030. The van der Waals surface area contributed by atoms with Gasteiger partial charge in [0.1, 0.15) is 23.5 Å². The highest BCUT2D eigenvalue weighted by molar-refractivity contribution is 5.72. The lowest BCUT2D eigenvalue weighted by Gasteiger charge is -2.18. The van der Waals surface area contributed by atoms with Gasteiger partial charge in [0.15, 0.2) is 6.10 Å². The number of cyclic esters (lactones) is 1. The van der Waals surface area contributed by atoms with E-state index in [-0.39, 0.29) is 5.56 Å². The second-order valence-electron chi connectivity index (χ2n) is 6.13. The maximum absolute atomic E-state index is 14.2. The number of hydrogen-bond acceptors (Lipinski definition) is 3. The van der Waals surface area contributed by atoms with Gasteiger partial charge in [-0.2, -0.15) is 0 Å². The zero-order valence-corrected chi connectivity index (χ0v) is 13.8. The molecule has 2 heterocycles. The number of pyridine rings is 1. The van der Waals surface area contributed by atoms with Crippen LogP contribution in [0.2, 0.25) is 0 Å². The van der Waals surface area contributed by atoms with E-state index in [4.69, 9.17) is 4.74 Å². The van der Waals surface area contributed by atoms with E-state index in [1.165, 1.54) is 18.3 Å². The molecule has 4 rings (SSSR count). The Hall–Kier alpha value is -3.35. The zero-order valence-electron chi connectivity index (χ0n) is 13.8. The molecular weight excluding hydrogens is 357 g/mol. The van der Waals surface area contributed by atoms with Crippen LogP contribution in [-0.2, 0) is 4.74 Å². The predicted molar refractivity (Wildman–Crippen MR) is 91.1 cm³/mol. The monoisotopic (exact) mass is 370 g/mol. The number of alkyl carbamates (subject to hydrolysis) is 1. The Morgan fingerprint density at radius 1 is 0.926 bits per heavy atom. The quantitative estimate of drug-likeness (QED) is 0.728. The van der Waals surface area contributed by atoms with Gasteiger partial charge >= 0.3 is 6.09 Å². The van der Waals surface area contributed by atoms with Gasteiger partial charge in [0, 0.05) is 23.5 Å². The van der Waals surface area contributed by atoms with Crippen molar-refractivity contribution in [3.8, 4) is 11.1 Å². The number of ether oxygens (including phenoxy) is 1. The van der Waals surface area contributed by atoms with E-state index in [1.54, 1.807) is 24.4 Å². The molecule has 1 amide bonds. The SMILES string of the molecule is O=C1N[C@H](c2cncc(-c3cccc(F)c3)c2)[C@@H](c2cc(F)ccc2F)O1. The first-order chi connectivity index (χ1) is 13.0. The third kappa shape index (κ3) is 3.36. The molecule has 0 unspecified atom stereocenters. The number of aromatic nitrogens is 1. The van der Waals surface area contributed by atoms with Crippen molar-refractivity contribution < 1.29 is 22.7 Å². The van der Waals surface area contributed by atoms with E-state index >= 15 is 0 Å². The lowest BCUT2D eigenvalue weighted by Crippen LogP contribution is -2.20. The first-order valence-corrected chi connectivity index (χ1v) is 8.14. The van der Waals surface area contributed by atoms with E-state index in [1.807, 2.05) is 0 Å². The Balaban J connectivity index is 1.74. The van der Waals surface area contributed by atoms with Crippen molar-refractivity contribution in [2.24, 2.45) is 0 Å². The van der Waals surface area contributed by atoms with Crippen LogP contribution in [0.5, 0.6) is 0 Å². The molecule has 2 atom stereocenters. The number of carbonyl (C=O) groups excluding carboxylic acids is 1. The van der Waals surface area contributed by atoms with Gasteiger partial charge < -0.3 is 10.1 Å². The summed E-state index contributed by atoms with van der Waals surface area (Å²) in [6, 6.07) is 9.88. The van der Waals surface area contributed by atoms with Crippen molar-refractivity contribution in [1.29, 1.82) is 0 Å². The molecular formula is C20H13F3N2O2. The lowest BCUT2D eigenvalue weighted by atomic mass is 9.95. The fraction of sp³-hybridized carbons (Fsp3) is 0.100. The van der Waals surface area contributed by atoms with Crippen molar-refractivity contribution in [3.05, 3.63) is 89.5 Å². The highest BCUT2D eigenvalue weighted by atomic mass is 19.1. The van der Waals surface area contributed by atoms with Gasteiger partial charge in [0.05, 0.1) is 0 Å². The average molecular weight is 370 g/mol. The molecule has 0 saturated carbocycles. The molecule has 7 heteroatoms. The number of hydrogen-bond donors (Lipinski definition) is 1. The molecule has 0 spiro atoms. The number of benzene rings is 2. The molecule has 0 radical (unpaired) electrons. The highest BCUT2D eigenvalue weighted by Crippen LogP contribution is 2.38. The Morgan fingerprint density at radius 2 is 1.74 bits per heavy atom. The minimum absolute atomic E-state index is 0.0745. The van der Waals surface area contributed by atoms with Crippen LogP contribution >= 0.6 is 0 Å². The number of rotatable bonds is 3. The van der Waals surface area contributed by atoms with E-state index in [0.29, 0.717) is 16.7 Å². The van der Waals surface area contributed by atoms with Gasteiger partial charge in [0.2, 0.25) is 0 Å². The summed E-state index contributed by atoms with van der Waals surface area (Å²) in [6.45, 7) is 0. The minimum atomic E-state index is -1.06. The lowest BCUT2D eigenvalue weighted by molar-refractivity contribution is 0.130. The number of amides is 1. The molecule has 0 bridgehead atoms. The van der Waals surface area contributed by atoms with Crippen molar-refractivity contribution in [1.82, 2.24) is 10.3 Å². The van der Waals surface area contributed by atoms with Crippen LogP contribution in [0.1, 0.15) is 23.3 Å². The zero-order chi connectivity index (χ0) is 19.0. The van der Waals surface area contributed by atoms with Gasteiger partial charge in [-0.3, -0.25) is 4.98 Å². The molecule has 1 aliphatic rings. The van der Waals surface area contributed by atoms with Gasteiger partial charge in [-0.1, -0.05) is 12.1 Å². The van der Waals surface area contributed by atoms with Crippen LogP contribution < -0.4 is 5.32 Å². The van der Waals surface area contributed by atoms with Crippen molar-refractivity contribution in [2.45, 2.75) is 12.1 Å². The first-order valence-electron chi connectivity index (χ1n) is 8.14. The van der Waals surface area contributed by atoms with E-state index in [9.17, 15) is 18.0 Å². The highest BCUT2D eigenvalue weighted by Gasteiger charge is 2.38. The maximum Gasteiger partial charge on any atom is 0.408 e. The summed E-state index contributed by atoms with van der Waals surface area (Å²) in [4.78, 5) is 15.9. The molecule has 1 N–H and O–H groups in total. The van der Waals surface area contributed by atoms with Crippen molar-refractivity contribution in [2.75, 3.05) is 0 Å². The van der Waals surface area contributed by atoms with Crippen LogP contribution in [-0.4, -0.2) is 11.1 Å². The normalized spacial score (nSPS) is 18.9. The molecule has 0 aliphatic carbocycles. The van der Waals surface area contributed by atoms with Gasteiger partial charge in [-0.25, -0.2) is 18.0 Å². The molecule has 136 valence electrons. The molecule has 1 saturated heterocycles. The van der Waals surface area contributed by atoms with Crippen LogP contribution in [0.3, 0.4) is 0 Å². The van der Waals surface area contributed by atoms with Gasteiger partial charge in [-0.15, -0.1) is 0 Å². The maximum atomic E-state index is 14.2. The molecule has 4 nitrogen and oxygen atoms in total. The third-order valence-corrected chi connectivity index (χ3v) is 4.35. The summed E-state index contributed by atoms with van der Waals surface area (Å²) >= 11 is 0. The van der Waals surface area contributed by atoms with Gasteiger partial charge in [-0.05, 0) is 47.5 Å². The number of nitrogens with zero attached hydrogens (tertiary/aromatic N) is 1. The predicted octanol–water partition coefficient (Wildman–Crippen LogP) is 4.69. The average Bonchev–Trinajstić information content (AvgIpc) is 3.05. The van der Waals surface area contributed by atoms with Crippen LogP contribution in [0.4, 0.5) is 18.0 Å². The standard InChI is InChI=1S/C20H13F3N2O2/c21-14-3-1-2-11(7-14)12-6-13(10-24-9-12)18-19(27-20(26)25-18)16-8-15(22)4-5-17(16)23/h1-10,18-19H,(H,25,26)/t18-,19-/m1/s1. The third-order valence-electron chi connectivity index (χ3n) is 4.35. The van der Waals surface area contributed by atoms with Gasteiger partial charge in [0.25, 0.3) is 0 Å². The van der Waals surface area contributed by atoms with Crippen LogP contribution in [0.25, 0.3) is 11.1 Å². The molecule has 1 aromatic heterocycles. The summed E-state index contributed by atoms with van der Waals surface area (Å²) in [7, 11) is 0. The topological polar surface area (TPSA) is 51.2 Å². The second-order valence-corrected chi connectivity index (χ2v) is 6.13. The fourth-order valence-electron chi connectivity index (χ4n) is 3.11. The number of nitrogens with one attached hydrogen (secondary N) is 1. The van der Waals surface area contributed by atoms with E-state index in [2.05, 4.69) is 10.3 Å². The molecule has 1 aliphatic heterocycles. The van der Waals surface area contributed by atoms with Crippen LogP contribution in [0, 0.1) is 17.5 Å². The Kier molecular flexibility index (Phi) is 4.27. The van der Waals surface area contributed by atoms with Crippen molar-refractivity contribution >= 4 is 6.09 Å². The largest absolute Gasteiger partial charge is 0.439 e. The smallest absolute Gasteiger partial charge is 0.408 e. The summed E-state index contributed by atoms with van der Waals surface area (Å²) in [6.07, 6.45) is 1.24. The minimum Gasteiger partial charge on any atom is -0.439 e.